The van der Waals surface area contributed by atoms with Gasteiger partial charge in [-0.15, -0.1) is 4.68 Å². The number of aromatic nitrogens is 4. The van der Waals surface area contributed by atoms with E-state index in [0.29, 0.717) is 17.8 Å². The van der Waals surface area contributed by atoms with Gasteiger partial charge in [0.15, 0.2) is 0 Å². The van der Waals surface area contributed by atoms with E-state index in [1.54, 1.807) is 0 Å². The van der Waals surface area contributed by atoms with Crippen molar-refractivity contribution in [1.82, 2.24) is 24.7 Å². The number of halogens is 4. The molecule has 0 atom stereocenters. The lowest BCUT2D eigenvalue weighted by atomic mass is 10.3. The van der Waals surface area contributed by atoms with Crippen LogP contribution in [0.25, 0.3) is 5.69 Å². The third-order valence-electron chi connectivity index (χ3n) is 3.41. The van der Waals surface area contributed by atoms with Gasteiger partial charge in [0.25, 0.3) is 0 Å². The van der Waals surface area contributed by atoms with Crippen molar-refractivity contribution in [3.63, 3.8) is 0 Å². The summed E-state index contributed by atoms with van der Waals surface area (Å²) in [5.74, 6) is 0. The number of nitrogens with zero attached hydrogens (tertiary/aromatic N) is 5. The Labute approximate surface area is 165 Å². The fourth-order valence-electron chi connectivity index (χ4n) is 2.33. The van der Waals surface area contributed by atoms with Crippen LogP contribution in [0.3, 0.4) is 0 Å². The molecule has 2 aromatic rings. The van der Waals surface area contributed by atoms with Gasteiger partial charge in [-0.05, 0) is 69.2 Å². The molecule has 0 saturated carbocycles. The highest BCUT2D eigenvalue weighted by Gasteiger charge is 2.30. The molecule has 0 aliphatic heterocycles. The summed E-state index contributed by atoms with van der Waals surface area (Å²) < 4.78 is 39.2. The van der Waals surface area contributed by atoms with E-state index < -0.39 is 17.2 Å². The van der Waals surface area contributed by atoms with Gasteiger partial charge in [-0.3, -0.25) is 0 Å². The number of thioether (sulfide) groups is 1. The van der Waals surface area contributed by atoms with Crippen LogP contribution in [0.4, 0.5) is 18.0 Å². The second-order valence-electron chi connectivity index (χ2n) is 5.52. The molecule has 27 heavy (non-hydrogen) atoms. The number of hydrogen-bond acceptors (Lipinski definition) is 5. The summed E-state index contributed by atoms with van der Waals surface area (Å²) in [4.78, 5) is 26.4. The summed E-state index contributed by atoms with van der Waals surface area (Å²) in [5, 5.41) is 7.29. The molecular formula is C15H17BrF3N5O2S. The van der Waals surface area contributed by atoms with Crippen LogP contribution in [0, 0.1) is 0 Å². The van der Waals surface area contributed by atoms with E-state index in [-0.39, 0.29) is 26.8 Å². The summed E-state index contributed by atoms with van der Waals surface area (Å²) in [6.07, 6.45) is 1.44. The second-order valence-corrected chi connectivity index (χ2v) is 7.48. The smallest absolute Gasteiger partial charge is 0.323 e. The van der Waals surface area contributed by atoms with Crippen LogP contribution in [0.15, 0.2) is 32.4 Å². The number of hydrogen-bond donors (Lipinski definition) is 0. The zero-order valence-electron chi connectivity index (χ0n) is 14.5. The Morgan fingerprint density at radius 2 is 1.85 bits per heavy atom. The van der Waals surface area contributed by atoms with Gasteiger partial charge in [0, 0.05) is 22.5 Å². The van der Waals surface area contributed by atoms with Crippen LogP contribution >= 0.6 is 27.7 Å². The van der Waals surface area contributed by atoms with Crippen LogP contribution < -0.4 is 5.69 Å². The quantitative estimate of drug-likeness (QED) is 0.475. The molecule has 0 aliphatic carbocycles. The number of benzene rings is 1. The number of carbonyl (C=O) groups is 1. The molecule has 1 amide bonds. The summed E-state index contributed by atoms with van der Waals surface area (Å²) in [6.45, 7) is 4.77. The van der Waals surface area contributed by atoms with E-state index in [2.05, 4.69) is 26.4 Å². The molecule has 0 fully saturated rings. The molecule has 0 aliphatic rings. The Bertz CT molecular complexity index is 862. The Kier molecular flexibility index (Phi) is 7.09. The van der Waals surface area contributed by atoms with Gasteiger partial charge in [-0.25, -0.2) is 9.59 Å². The number of rotatable bonds is 6. The van der Waals surface area contributed by atoms with Crippen LogP contribution in [-0.2, 0) is 0 Å². The van der Waals surface area contributed by atoms with Crippen molar-refractivity contribution in [2.75, 3.05) is 13.1 Å². The fourth-order valence-corrected chi connectivity index (χ4v) is 3.49. The van der Waals surface area contributed by atoms with E-state index in [1.165, 1.54) is 23.1 Å². The summed E-state index contributed by atoms with van der Waals surface area (Å²) in [7, 11) is 0. The maximum absolute atomic E-state index is 12.5. The lowest BCUT2D eigenvalue weighted by molar-refractivity contribution is -0.0328. The molecule has 0 bridgehead atoms. The van der Waals surface area contributed by atoms with Crippen LogP contribution in [0.5, 0.6) is 0 Å². The first-order valence-corrected chi connectivity index (χ1v) is 9.68. The van der Waals surface area contributed by atoms with Crippen molar-refractivity contribution in [3.05, 3.63) is 33.2 Å². The molecule has 2 rings (SSSR count). The number of tetrazole rings is 1. The topological polar surface area (TPSA) is 73.0 Å². The highest BCUT2D eigenvalue weighted by Crippen LogP contribution is 2.40. The minimum Gasteiger partial charge on any atom is -0.323 e. The molecule has 0 N–H and O–H groups in total. The van der Waals surface area contributed by atoms with Crippen molar-refractivity contribution in [2.45, 2.75) is 37.1 Å². The number of amides is 1. The highest BCUT2D eigenvalue weighted by atomic mass is 79.9. The second kappa shape index (κ2) is 8.91. The van der Waals surface area contributed by atoms with Crippen molar-refractivity contribution >= 4 is 33.7 Å². The third kappa shape index (κ3) is 5.34. The van der Waals surface area contributed by atoms with Crippen molar-refractivity contribution < 1.29 is 18.0 Å². The fraction of sp³-hybridized carbons (Fsp3) is 0.467. The Morgan fingerprint density at radius 1 is 1.22 bits per heavy atom. The monoisotopic (exact) mass is 467 g/mol. The normalized spacial score (nSPS) is 11.6. The standard InChI is InChI=1S/C15H17BrF3N5O2S/c1-3-7-22(8-4-2)13(25)24-14(26)23(20-21-24)10-5-6-12(11(16)9-10)27-15(17,18)19/h5-6,9H,3-4,7-8H2,1-2H3. The van der Waals surface area contributed by atoms with Crippen molar-refractivity contribution in [3.8, 4) is 5.69 Å². The van der Waals surface area contributed by atoms with E-state index in [4.69, 9.17) is 0 Å². The zero-order chi connectivity index (χ0) is 20.2. The Balaban J connectivity index is 2.33. The van der Waals surface area contributed by atoms with Gasteiger partial charge >= 0.3 is 17.2 Å². The first-order valence-electron chi connectivity index (χ1n) is 8.08. The van der Waals surface area contributed by atoms with Crippen LogP contribution in [0.1, 0.15) is 26.7 Å². The maximum Gasteiger partial charge on any atom is 0.446 e. The van der Waals surface area contributed by atoms with Crippen molar-refractivity contribution in [2.24, 2.45) is 0 Å². The van der Waals surface area contributed by atoms with Gasteiger partial charge in [0.2, 0.25) is 0 Å². The number of carbonyl (C=O) groups excluding carboxylic acids is 1. The number of alkyl halides is 3. The molecule has 1 aromatic heterocycles. The minimum atomic E-state index is -4.43. The van der Waals surface area contributed by atoms with Gasteiger partial charge in [0.1, 0.15) is 0 Å². The highest BCUT2D eigenvalue weighted by molar-refractivity contribution is 9.10. The van der Waals surface area contributed by atoms with E-state index in [1.807, 2.05) is 13.8 Å². The van der Waals surface area contributed by atoms with Gasteiger partial charge < -0.3 is 4.90 Å². The molecule has 0 saturated heterocycles. The zero-order valence-corrected chi connectivity index (χ0v) is 16.9. The van der Waals surface area contributed by atoms with Gasteiger partial charge in [-0.2, -0.15) is 17.9 Å². The molecule has 0 spiro atoms. The minimum absolute atomic E-state index is 0.0557. The first kappa shape index (κ1) is 21.5. The molecule has 12 heteroatoms. The third-order valence-corrected chi connectivity index (χ3v) is 5.13. The molecular weight excluding hydrogens is 451 g/mol. The summed E-state index contributed by atoms with van der Waals surface area (Å²) >= 11 is 2.78. The van der Waals surface area contributed by atoms with Crippen LogP contribution in [-0.4, -0.2) is 49.3 Å². The lowest BCUT2D eigenvalue weighted by Crippen LogP contribution is -2.41. The Morgan fingerprint density at radius 3 is 2.37 bits per heavy atom. The molecule has 148 valence electrons. The van der Waals surface area contributed by atoms with Crippen molar-refractivity contribution in [1.29, 1.82) is 0 Å². The van der Waals surface area contributed by atoms with E-state index in [9.17, 15) is 22.8 Å². The van der Waals surface area contributed by atoms with Gasteiger partial charge in [-0.1, -0.05) is 13.8 Å². The molecule has 0 unspecified atom stereocenters. The largest absolute Gasteiger partial charge is 0.446 e. The van der Waals surface area contributed by atoms with E-state index >= 15 is 0 Å². The molecule has 0 radical (unpaired) electrons. The average molecular weight is 468 g/mol. The maximum atomic E-state index is 12.5. The van der Waals surface area contributed by atoms with E-state index in [0.717, 1.165) is 17.5 Å². The molecule has 1 heterocycles. The SMILES string of the molecule is CCCN(CCC)C(=O)n1nnn(-c2ccc(SC(F)(F)F)c(Br)c2)c1=O. The Hall–Kier alpha value is -1.82. The summed E-state index contributed by atoms with van der Waals surface area (Å²) in [6, 6.07) is 3.25. The average Bonchev–Trinajstić information content (AvgIpc) is 2.96. The lowest BCUT2D eigenvalue weighted by Gasteiger charge is -2.19. The first-order chi connectivity index (χ1) is 12.7. The van der Waals surface area contributed by atoms with Crippen LogP contribution in [0.2, 0.25) is 0 Å². The predicted molar refractivity (Wildman–Crippen MR) is 98.2 cm³/mol. The van der Waals surface area contributed by atoms with Gasteiger partial charge in [0.05, 0.1) is 5.69 Å². The predicted octanol–water partition coefficient (Wildman–Crippen LogP) is 3.89. The molecule has 7 nitrogen and oxygen atoms in total. The molecule has 1 aromatic carbocycles. The summed E-state index contributed by atoms with van der Waals surface area (Å²) in [5.41, 5.74) is -5.03.